The number of ether oxygens (including phenoxy) is 1. The fraction of sp³-hybridized carbons (Fsp3) is 0.720. The molecule has 154 valence electrons. The molecule has 2 fully saturated rings. The molecule has 28 heavy (non-hydrogen) atoms. The van der Waals surface area contributed by atoms with Crippen LogP contribution in [0.25, 0.3) is 0 Å². The average molecular weight is 385 g/mol. The number of carbonyl (C=O) groups is 1. The van der Waals surface area contributed by atoms with Crippen LogP contribution in [0, 0.1) is 29.1 Å². The van der Waals surface area contributed by atoms with Crippen LogP contribution in [0.3, 0.4) is 0 Å². The lowest BCUT2D eigenvalue weighted by Gasteiger charge is -2.44. The Balaban J connectivity index is 1.68. The van der Waals surface area contributed by atoms with Crippen LogP contribution in [0.5, 0.6) is 0 Å². The molecule has 1 aliphatic heterocycles. The summed E-state index contributed by atoms with van der Waals surface area (Å²) in [5, 5.41) is 9.41. The normalized spacial score (nSPS) is 48.0. The molecule has 4 rings (SSSR count). The first-order valence-corrected chi connectivity index (χ1v) is 11.0. The fourth-order valence-corrected chi connectivity index (χ4v) is 6.98. The van der Waals surface area contributed by atoms with E-state index in [0.29, 0.717) is 23.5 Å². The minimum atomic E-state index is -0.0739. The summed E-state index contributed by atoms with van der Waals surface area (Å²) in [7, 11) is 0. The van der Waals surface area contributed by atoms with Gasteiger partial charge in [0, 0.05) is 5.92 Å². The van der Waals surface area contributed by atoms with Crippen LogP contribution in [-0.4, -0.2) is 29.2 Å². The number of aliphatic hydroxyl groups is 1. The van der Waals surface area contributed by atoms with E-state index in [0.717, 1.165) is 31.3 Å². The van der Waals surface area contributed by atoms with Gasteiger partial charge in [-0.1, -0.05) is 37.1 Å². The summed E-state index contributed by atoms with van der Waals surface area (Å²) in [6, 6.07) is 0. The van der Waals surface area contributed by atoms with Crippen molar-refractivity contribution in [1.29, 1.82) is 0 Å². The van der Waals surface area contributed by atoms with E-state index in [1.165, 1.54) is 17.6 Å². The van der Waals surface area contributed by atoms with Crippen molar-refractivity contribution in [1.82, 2.24) is 0 Å². The maximum absolute atomic E-state index is 12.6. The summed E-state index contributed by atoms with van der Waals surface area (Å²) in [5.41, 5.74) is 3.65. The lowest BCUT2D eigenvalue weighted by atomic mass is 9.62. The largest absolute Gasteiger partial charge is 0.392 e. The van der Waals surface area contributed by atoms with Crippen molar-refractivity contribution in [2.75, 3.05) is 6.61 Å². The highest BCUT2D eigenvalue weighted by Crippen LogP contribution is 2.63. The van der Waals surface area contributed by atoms with E-state index in [1.54, 1.807) is 0 Å². The van der Waals surface area contributed by atoms with Gasteiger partial charge in [-0.3, -0.25) is 4.79 Å². The molecule has 1 spiro atoms. The number of fused-ring (bicyclic) bond motifs is 3. The highest BCUT2D eigenvalue weighted by Gasteiger charge is 2.61. The van der Waals surface area contributed by atoms with Gasteiger partial charge in [-0.25, -0.2) is 0 Å². The van der Waals surface area contributed by atoms with Gasteiger partial charge < -0.3 is 9.84 Å². The molecule has 1 saturated carbocycles. The predicted molar refractivity (Wildman–Crippen MR) is 112 cm³/mol. The van der Waals surface area contributed by atoms with Crippen molar-refractivity contribution in [3.63, 3.8) is 0 Å². The molecule has 0 bridgehead atoms. The lowest BCUT2D eigenvalue weighted by Crippen LogP contribution is -2.44. The summed E-state index contributed by atoms with van der Waals surface area (Å²) < 4.78 is 6.82. The van der Waals surface area contributed by atoms with Crippen LogP contribution in [-0.2, 0) is 9.53 Å². The van der Waals surface area contributed by atoms with E-state index in [4.69, 9.17) is 4.74 Å². The third-order valence-corrected chi connectivity index (χ3v) is 8.54. The number of ketones is 1. The first-order chi connectivity index (χ1) is 13.2. The minimum Gasteiger partial charge on any atom is -0.392 e. The number of carbonyl (C=O) groups excluding carboxylic acids is 1. The van der Waals surface area contributed by atoms with Gasteiger partial charge in [0.1, 0.15) is 0 Å². The van der Waals surface area contributed by atoms with Gasteiger partial charge >= 0.3 is 0 Å². The van der Waals surface area contributed by atoms with Gasteiger partial charge in [0.05, 0.1) is 18.3 Å². The van der Waals surface area contributed by atoms with E-state index < -0.39 is 0 Å². The third-order valence-electron chi connectivity index (χ3n) is 8.54. The lowest BCUT2D eigenvalue weighted by molar-refractivity contribution is -0.117. The van der Waals surface area contributed by atoms with Gasteiger partial charge in [-0.15, -0.1) is 0 Å². The molecule has 1 heterocycles. The summed E-state index contributed by atoms with van der Waals surface area (Å²) >= 11 is 0. The molecule has 3 aliphatic carbocycles. The van der Waals surface area contributed by atoms with E-state index in [1.807, 2.05) is 13.0 Å². The van der Waals surface area contributed by atoms with Gasteiger partial charge in [0.25, 0.3) is 0 Å². The maximum Gasteiger partial charge on any atom is 0.163 e. The molecule has 1 saturated heterocycles. The Morgan fingerprint density at radius 3 is 2.79 bits per heavy atom. The fourth-order valence-electron chi connectivity index (χ4n) is 6.98. The van der Waals surface area contributed by atoms with Gasteiger partial charge in [-0.05, 0) is 87.7 Å². The van der Waals surface area contributed by atoms with E-state index in [-0.39, 0.29) is 29.6 Å². The van der Waals surface area contributed by atoms with Crippen LogP contribution in [0.15, 0.2) is 34.9 Å². The molecule has 3 heteroatoms. The van der Waals surface area contributed by atoms with Crippen molar-refractivity contribution in [2.24, 2.45) is 29.1 Å². The monoisotopic (exact) mass is 384 g/mol. The molecule has 4 aliphatic rings. The Morgan fingerprint density at radius 1 is 1.32 bits per heavy atom. The molecule has 0 aromatic heterocycles. The molecule has 3 nitrogen and oxygen atoms in total. The number of aliphatic hydroxyl groups excluding tert-OH is 1. The van der Waals surface area contributed by atoms with Gasteiger partial charge in [-0.2, -0.15) is 0 Å². The zero-order valence-electron chi connectivity index (χ0n) is 18.1. The quantitative estimate of drug-likeness (QED) is 0.681. The van der Waals surface area contributed by atoms with E-state index in [9.17, 15) is 9.90 Å². The van der Waals surface area contributed by atoms with Crippen molar-refractivity contribution in [3.8, 4) is 0 Å². The number of allylic oxidation sites excluding steroid dienone is 4. The SMILES string of the molecule is CC1=CC(=O)[C@H]2/C(C)=C\C[C@@H]3[C@](C)(CC[C@@]34O[C@@H](/C=C(\C)CO)C[C@@H]4C)C[C@H]12. The maximum atomic E-state index is 12.6. The predicted octanol–water partition coefficient (Wildman–Crippen LogP) is 5.01. The molecule has 0 aromatic rings. The van der Waals surface area contributed by atoms with Gasteiger partial charge in [0.15, 0.2) is 5.78 Å². The second-order valence-electron chi connectivity index (χ2n) is 10.4. The number of hydrogen-bond acceptors (Lipinski definition) is 3. The molecule has 0 amide bonds. The molecule has 0 aromatic carbocycles. The first kappa shape index (κ1) is 20.1. The molecule has 0 unspecified atom stereocenters. The average Bonchev–Trinajstić information content (AvgIpc) is 3.18. The molecule has 1 N–H and O–H groups in total. The first-order valence-electron chi connectivity index (χ1n) is 11.0. The van der Waals surface area contributed by atoms with Gasteiger partial charge in [0.2, 0.25) is 0 Å². The van der Waals surface area contributed by atoms with Crippen LogP contribution < -0.4 is 0 Å². The Bertz CT molecular complexity index is 760. The summed E-state index contributed by atoms with van der Waals surface area (Å²) in [4.78, 5) is 12.6. The smallest absolute Gasteiger partial charge is 0.163 e. The Labute approximate surface area is 169 Å². The summed E-state index contributed by atoms with van der Waals surface area (Å²) in [6.45, 7) is 11.2. The van der Waals surface area contributed by atoms with Crippen LogP contribution >= 0.6 is 0 Å². The van der Waals surface area contributed by atoms with Crippen LogP contribution in [0.4, 0.5) is 0 Å². The second kappa shape index (κ2) is 6.95. The van der Waals surface area contributed by atoms with E-state index in [2.05, 4.69) is 39.8 Å². The standard InChI is InChI=1S/C25H36O3/c1-15(14-26)10-19-12-18(4)25(28-19)9-8-24(5)13-20-17(3)11-21(27)23(20)16(2)6-7-22(24)25/h6,10-11,18-20,22-23,26H,7-9,12-14H2,1-5H3/b15-10+,16-6-/t18-,19-,20+,22+,23-,24+,25-/m0/s1. The minimum absolute atomic E-state index is 0.0686. The van der Waals surface area contributed by atoms with Crippen molar-refractivity contribution in [2.45, 2.75) is 78.4 Å². The Kier molecular flexibility index (Phi) is 4.99. The topological polar surface area (TPSA) is 46.5 Å². The molecular weight excluding hydrogens is 348 g/mol. The summed E-state index contributed by atoms with van der Waals surface area (Å²) in [5.74, 6) is 1.73. The second-order valence-corrected chi connectivity index (χ2v) is 10.4. The molecule has 7 atom stereocenters. The highest BCUT2D eigenvalue weighted by atomic mass is 16.5. The molecular formula is C25H36O3. The zero-order valence-corrected chi connectivity index (χ0v) is 18.1. The van der Waals surface area contributed by atoms with Crippen molar-refractivity contribution in [3.05, 3.63) is 34.9 Å². The Morgan fingerprint density at radius 2 is 2.07 bits per heavy atom. The van der Waals surface area contributed by atoms with Crippen LogP contribution in [0.1, 0.15) is 66.7 Å². The van der Waals surface area contributed by atoms with Crippen molar-refractivity contribution >= 4 is 5.78 Å². The number of rotatable bonds is 2. The number of hydrogen-bond donors (Lipinski definition) is 1. The van der Waals surface area contributed by atoms with Crippen molar-refractivity contribution < 1.29 is 14.6 Å². The van der Waals surface area contributed by atoms with Crippen LogP contribution in [0.2, 0.25) is 0 Å². The Hall–Kier alpha value is -1.19. The third kappa shape index (κ3) is 2.97. The highest BCUT2D eigenvalue weighted by molar-refractivity contribution is 5.97. The van der Waals surface area contributed by atoms with E-state index >= 15 is 0 Å². The zero-order chi connectivity index (χ0) is 20.3. The summed E-state index contributed by atoms with van der Waals surface area (Å²) in [6.07, 6.45) is 11.9. The molecule has 0 radical (unpaired) electrons.